The van der Waals surface area contributed by atoms with Gasteiger partial charge >= 0.3 is 0 Å². The van der Waals surface area contributed by atoms with E-state index in [1.54, 1.807) is 0 Å². The highest BCUT2D eigenvalue weighted by Gasteiger charge is 2.46. The average molecular weight is 701 g/mol. The minimum atomic E-state index is -0.477. The van der Waals surface area contributed by atoms with Crippen LogP contribution in [0.5, 0.6) is 0 Å². The molecule has 0 N–H and O–H groups in total. The van der Waals surface area contributed by atoms with Crippen molar-refractivity contribution in [2.45, 2.75) is 5.41 Å². The van der Waals surface area contributed by atoms with E-state index in [4.69, 9.17) is 0 Å². The first-order valence-electron chi connectivity index (χ1n) is 19.0. The fourth-order valence-corrected chi connectivity index (χ4v) is 9.38. The third-order valence-corrected chi connectivity index (χ3v) is 11.6. The molecule has 0 radical (unpaired) electrons. The molecule has 9 aromatic rings. The molecule has 0 aromatic heterocycles. The lowest BCUT2D eigenvalue weighted by molar-refractivity contribution is 0.768. The third-order valence-electron chi connectivity index (χ3n) is 11.6. The van der Waals surface area contributed by atoms with Gasteiger partial charge in [0.2, 0.25) is 0 Å². The van der Waals surface area contributed by atoms with E-state index in [1.165, 1.54) is 66.7 Å². The molecule has 0 bridgehead atoms. The molecule has 1 aliphatic carbocycles. The standard InChI is InChI=1S/C53H36N2/c1-4-18-38(19-5-1)53(39-20-6-2-7-21-39)48-27-12-10-24-44(48)45-35-34-43(36-49(45)53)54(40-22-8-3-9-23-40)41-30-32-42(33-31-41)55-50-28-13-11-25-46(50)47-26-14-16-37-17-15-29-51(55)52(37)47/h1-36H. The fourth-order valence-electron chi connectivity index (χ4n) is 9.38. The number of hydrogen-bond donors (Lipinski definition) is 0. The van der Waals surface area contributed by atoms with Crippen LogP contribution in [0.4, 0.5) is 34.1 Å². The number of rotatable bonds is 6. The number of fused-ring (bicyclic) bond motifs is 5. The summed E-state index contributed by atoms with van der Waals surface area (Å²) in [7, 11) is 0. The van der Waals surface area contributed by atoms with Gasteiger partial charge in [-0.3, -0.25) is 0 Å². The Morgan fingerprint density at radius 1 is 0.345 bits per heavy atom. The van der Waals surface area contributed by atoms with Gasteiger partial charge in [0.25, 0.3) is 0 Å². The molecule has 0 amide bonds. The Kier molecular flexibility index (Phi) is 7.11. The number of hydrogen-bond acceptors (Lipinski definition) is 2. The molecule has 11 rings (SSSR count). The summed E-state index contributed by atoms with van der Waals surface area (Å²) in [6.07, 6.45) is 0. The molecule has 1 aliphatic heterocycles. The zero-order chi connectivity index (χ0) is 36.3. The van der Waals surface area contributed by atoms with Crippen LogP contribution in [0.2, 0.25) is 0 Å². The highest BCUT2D eigenvalue weighted by atomic mass is 15.2. The second-order valence-corrected chi connectivity index (χ2v) is 14.5. The summed E-state index contributed by atoms with van der Waals surface area (Å²) in [4.78, 5) is 4.82. The van der Waals surface area contributed by atoms with Gasteiger partial charge in [-0.15, -0.1) is 0 Å². The van der Waals surface area contributed by atoms with Gasteiger partial charge in [-0.25, -0.2) is 0 Å². The van der Waals surface area contributed by atoms with Crippen LogP contribution in [0, 0.1) is 0 Å². The summed E-state index contributed by atoms with van der Waals surface area (Å²) in [6.45, 7) is 0. The predicted octanol–water partition coefficient (Wildman–Crippen LogP) is 14.1. The molecule has 0 saturated heterocycles. The largest absolute Gasteiger partial charge is 0.310 e. The Morgan fingerprint density at radius 3 is 1.60 bits per heavy atom. The van der Waals surface area contributed by atoms with E-state index in [9.17, 15) is 0 Å². The van der Waals surface area contributed by atoms with Gasteiger partial charge in [0, 0.05) is 33.7 Å². The van der Waals surface area contributed by atoms with Crippen LogP contribution < -0.4 is 9.80 Å². The van der Waals surface area contributed by atoms with Gasteiger partial charge in [0.1, 0.15) is 0 Å². The predicted molar refractivity (Wildman–Crippen MR) is 230 cm³/mol. The lowest BCUT2D eigenvalue weighted by Crippen LogP contribution is -2.28. The summed E-state index contributed by atoms with van der Waals surface area (Å²) < 4.78 is 0. The van der Waals surface area contributed by atoms with Crippen LogP contribution in [0.1, 0.15) is 22.3 Å². The Morgan fingerprint density at radius 2 is 0.873 bits per heavy atom. The molecule has 0 atom stereocenters. The van der Waals surface area contributed by atoms with Crippen molar-refractivity contribution in [3.8, 4) is 22.3 Å². The Balaban J connectivity index is 1.09. The van der Waals surface area contributed by atoms with E-state index < -0.39 is 5.41 Å². The van der Waals surface area contributed by atoms with Gasteiger partial charge in [0.15, 0.2) is 0 Å². The maximum atomic E-state index is 2.44. The van der Waals surface area contributed by atoms with Crippen molar-refractivity contribution in [1.82, 2.24) is 0 Å². The van der Waals surface area contributed by atoms with Crippen LogP contribution in [0.3, 0.4) is 0 Å². The lowest BCUT2D eigenvalue weighted by atomic mass is 9.67. The van der Waals surface area contributed by atoms with Gasteiger partial charge in [-0.1, -0.05) is 158 Å². The fraction of sp³-hybridized carbons (Fsp3) is 0.0189. The van der Waals surface area contributed by atoms with Crippen molar-refractivity contribution in [3.05, 3.63) is 241 Å². The van der Waals surface area contributed by atoms with Gasteiger partial charge in [-0.05, 0) is 105 Å². The SMILES string of the molecule is c1ccc(N(c2ccc(N3c4ccccc4-c4cccc5cccc3c45)cc2)c2ccc3c(c2)C(c2ccccc2)(c2ccccc2)c2ccccc2-3)cc1. The number of para-hydroxylation sites is 2. The molecule has 0 unspecified atom stereocenters. The Bertz CT molecular complexity index is 2820. The molecule has 0 spiro atoms. The second-order valence-electron chi connectivity index (χ2n) is 14.5. The maximum absolute atomic E-state index is 2.44. The van der Waals surface area contributed by atoms with Crippen LogP contribution >= 0.6 is 0 Å². The van der Waals surface area contributed by atoms with E-state index in [1.807, 2.05) is 0 Å². The van der Waals surface area contributed by atoms with Crippen LogP contribution in [0.25, 0.3) is 33.0 Å². The summed E-state index contributed by atoms with van der Waals surface area (Å²) in [6, 6.07) is 80.0. The summed E-state index contributed by atoms with van der Waals surface area (Å²) in [5, 5.41) is 2.54. The normalized spacial score (nSPS) is 13.2. The van der Waals surface area contributed by atoms with E-state index in [0.717, 1.165) is 22.7 Å². The maximum Gasteiger partial charge on any atom is 0.0714 e. The minimum absolute atomic E-state index is 0.477. The van der Waals surface area contributed by atoms with Gasteiger partial charge < -0.3 is 9.80 Å². The van der Waals surface area contributed by atoms with Crippen molar-refractivity contribution in [2.75, 3.05) is 9.80 Å². The van der Waals surface area contributed by atoms with Crippen molar-refractivity contribution in [2.24, 2.45) is 0 Å². The molecule has 2 nitrogen and oxygen atoms in total. The van der Waals surface area contributed by atoms with Crippen LogP contribution in [-0.2, 0) is 5.41 Å². The van der Waals surface area contributed by atoms with Gasteiger partial charge in [-0.2, -0.15) is 0 Å². The summed E-state index contributed by atoms with van der Waals surface area (Å²) >= 11 is 0. The molecule has 1 heterocycles. The Hall–Kier alpha value is -7.16. The number of nitrogens with zero attached hydrogens (tertiary/aromatic N) is 2. The molecular weight excluding hydrogens is 665 g/mol. The number of benzene rings is 9. The van der Waals surface area contributed by atoms with E-state index in [2.05, 4.69) is 228 Å². The first kappa shape index (κ1) is 31.4. The van der Waals surface area contributed by atoms with Crippen LogP contribution in [-0.4, -0.2) is 0 Å². The lowest BCUT2D eigenvalue weighted by Gasteiger charge is -2.35. The second kappa shape index (κ2) is 12.5. The van der Waals surface area contributed by atoms with E-state index in [0.29, 0.717) is 0 Å². The average Bonchev–Trinajstić information content (AvgIpc) is 3.56. The third kappa shape index (κ3) is 4.68. The molecular formula is C53H36N2. The zero-order valence-corrected chi connectivity index (χ0v) is 30.2. The van der Waals surface area contributed by atoms with Crippen molar-refractivity contribution in [3.63, 3.8) is 0 Å². The molecule has 0 saturated carbocycles. The van der Waals surface area contributed by atoms with Crippen molar-refractivity contribution in [1.29, 1.82) is 0 Å². The molecule has 258 valence electrons. The molecule has 2 aliphatic rings. The first-order valence-corrected chi connectivity index (χ1v) is 19.0. The van der Waals surface area contributed by atoms with Gasteiger partial charge in [0.05, 0.1) is 16.8 Å². The van der Waals surface area contributed by atoms with Crippen LogP contribution in [0.15, 0.2) is 218 Å². The van der Waals surface area contributed by atoms with Crippen molar-refractivity contribution < 1.29 is 0 Å². The monoisotopic (exact) mass is 700 g/mol. The first-order chi connectivity index (χ1) is 27.3. The zero-order valence-electron chi connectivity index (χ0n) is 30.2. The molecule has 2 heteroatoms. The highest BCUT2D eigenvalue weighted by molar-refractivity contribution is 6.13. The molecule has 55 heavy (non-hydrogen) atoms. The van der Waals surface area contributed by atoms with E-state index in [-0.39, 0.29) is 0 Å². The number of anilines is 6. The molecule has 9 aromatic carbocycles. The highest BCUT2D eigenvalue weighted by Crippen LogP contribution is 2.57. The minimum Gasteiger partial charge on any atom is -0.310 e. The smallest absolute Gasteiger partial charge is 0.0714 e. The topological polar surface area (TPSA) is 6.48 Å². The summed E-state index contributed by atoms with van der Waals surface area (Å²) in [5.74, 6) is 0. The van der Waals surface area contributed by atoms with E-state index >= 15 is 0 Å². The van der Waals surface area contributed by atoms with Crippen molar-refractivity contribution >= 4 is 44.9 Å². The molecule has 0 fully saturated rings. The summed E-state index contributed by atoms with van der Waals surface area (Å²) in [5.41, 5.74) is 16.6. The Labute approximate surface area is 321 Å². The quantitative estimate of drug-likeness (QED) is 0.170.